The molecule has 19 heavy (non-hydrogen) atoms. The fourth-order valence-corrected chi connectivity index (χ4v) is 3.28. The molecule has 1 aromatic rings. The van der Waals surface area contributed by atoms with Crippen molar-refractivity contribution < 1.29 is 0 Å². The molecule has 2 N–H and O–H groups in total. The molecule has 0 amide bonds. The first-order valence-electron chi connectivity index (χ1n) is 7.50. The highest BCUT2D eigenvalue weighted by atomic mass is 15.2. The van der Waals surface area contributed by atoms with E-state index in [0.29, 0.717) is 0 Å². The van der Waals surface area contributed by atoms with E-state index in [2.05, 4.69) is 14.8 Å². The van der Waals surface area contributed by atoms with Gasteiger partial charge in [-0.2, -0.15) is 0 Å². The van der Waals surface area contributed by atoms with Gasteiger partial charge in [-0.05, 0) is 50.8 Å². The van der Waals surface area contributed by atoms with E-state index in [0.717, 1.165) is 30.5 Å². The molecule has 0 aliphatic carbocycles. The zero-order valence-corrected chi connectivity index (χ0v) is 11.6. The minimum absolute atomic E-state index is 0.809. The average molecular weight is 260 g/mol. The fourth-order valence-electron chi connectivity index (χ4n) is 3.28. The van der Waals surface area contributed by atoms with E-state index < -0.39 is 0 Å². The molecule has 2 fully saturated rings. The van der Waals surface area contributed by atoms with Gasteiger partial charge in [0, 0.05) is 37.6 Å². The second-order valence-corrected chi connectivity index (χ2v) is 5.89. The quantitative estimate of drug-likeness (QED) is 0.902. The van der Waals surface area contributed by atoms with Crippen LogP contribution in [-0.2, 0) is 0 Å². The van der Waals surface area contributed by atoms with Crippen molar-refractivity contribution in [2.75, 3.05) is 43.4 Å². The molecule has 4 nitrogen and oxygen atoms in total. The number of anilines is 2. The number of rotatable bonds is 3. The summed E-state index contributed by atoms with van der Waals surface area (Å²) in [4.78, 5) is 9.44. The molecule has 1 aromatic heterocycles. The van der Waals surface area contributed by atoms with Gasteiger partial charge in [-0.15, -0.1) is 0 Å². The first kappa shape index (κ1) is 12.7. The molecule has 2 aliphatic heterocycles. The largest absolute Gasteiger partial charge is 0.399 e. The third-order valence-electron chi connectivity index (χ3n) is 4.42. The predicted octanol–water partition coefficient (Wildman–Crippen LogP) is 1.98. The van der Waals surface area contributed by atoms with Crippen LogP contribution in [0.5, 0.6) is 0 Å². The first-order valence-corrected chi connectivity index (χ1v) is 7.50. The Labute approximate surface area is 115 Å². The third-order valence-corrected chi connectivity index (χ3v) is 4.42. The lowest BCUT2D eigenvalue weighted by molar-refractivity contribution is 0.249. The van der Waals surface area contributed by atoms with Crippen molar-refractivity contribution >= 4 is 11.5 Å². The topological polar surface area (TPSA) is 45.4 Å². The molecule has 0 spiro atoms. The van der Waals surface area contributed by atoms with E-state index in [1.165, 1.54) is 45.3 Å². The van der Waals surface area contributed by atoms with E-state index in [1.54, 1.807) is 6.20 Å². The van der Waals surface area contributed by atoms with Crippen molar-refractivity contribution in [2.45, 2.75) is 25.7 Å². The molecule has 0 aromatic carbocycles. The zero-order valence-electron chi connectivity index (χ0n) is 11.6. The van der Waals surface area contributed by atoms with Crippen LogP contribution in [0.2, 0.25) is 0 Å². The van der Waals surface area contributed by atoms with Crippen LogP contribution >= 0.6 is 0 Å². The minimum atomic E-state index is 0.809. The predicted molar refractivity (Wildman–Crippen MR) is 79.3 cm³/mol. The Hall–Kier alpha value is -1.29. The van der Waals surface area contributed by atoms with Gasteiger partial charge in [0.15, 0.2) is 0 Å². The van der Waals surface area contributed by atoms with Gasteiger partial charge in [0.1, 0.15) is 5.82 Å². The highest BCUT2D eigenvalue weighted by Gasteiger charge is 2.23. The zero-order chi connectivity index (χ0) is 13.1. The number of piperidine rings is 1. The summed E-state index contributed by atoms with van der Waals surface area (Å²) < 4.78 is 0. The number of aromatic nitrogens is 1. The number of pyridine rings is 1. The Bertz CT molecular complexity index is 406. The van der Waals surface area contributed by atoms with Crippen LogP contribution in [0.3, 0.4) is 0 Å². The maximum atomic E-state index is 5.83. The maximum absolute atomic E-state index is 5.83. The number of nitrogen functional groups attached to an aromatic ring is 1. The van der Waals surface area contributed by atoms with Crippen LogP contribution in [0.4, 0.5) is 11.5 Å². The molecule has 0 bridgehead atoms. The molecule has 0 atom stereocenters. The van der Waals surface area contributed by atoms with Gasteiger partial charge < -0.3 is 15.5 Å². The fraction of sp³-hybridized carbons (Fsp3) is 0.667. The molecule has 3 heterocycles. The third kappa shape index (κ3) is 3.18. The lowest BCUT2D eigenvalue weighted by Gasteiger charge is -2.34. The Balaban J connectivity index is 1.51. The summed E-state index contributed by atoms with van der Waals surface area (Å²) in [5.74, 6) is 1.91. The van der Waals surface area contributed by atoms with Crippen LogP contribution < -0.4 is 10.6 Å². The summed E-state index contributed by atoms with van der Waals surface area (Å²) in [5.41, 5.74) is 6.64. The van der Waals surface area contributed by atoms with E-state index >= 15 is 0 Å². The molecule has 4 heteroatoms. The van der Waals surface area contributed by atoms with Crippen molar-refractivity contribution in [3.8, 4) is 0 Å². The first-order chi connectivity index (χ1) is 9.31. The Morgan fingerprint density at radius 1 is 1.16 bits per heavy atom. The van der Waals surface area contributed by atoms with Gasteiger partial charge in [-0.1, -0.05) is 0 Å². The normalized spacial score (nSPS) is 22.0. The number of nitrogens with two attached hydrogens (primary N) is 1. The van der Waals surface area contributed by atoms with E-state index in [9.17, 15) is 0 Å². The summed E-state index contributed by atoms with van der Waals surface area (Å²) in [6.45, 7) is 6.18. The van der Waals surface area contributed by atoms with Gasteiger partial charge in [-0.3, -0.25) is 0 Å². The SMILES string of the molecule is Nc1ccnc(N2CCC(CN3CCCC3)CC2)c1. The molecular weight excluding hydrogens is 236 g/mol. The number of hydrogen-bond donors (Lipinski definition) is 1. The van der Waals surface area contributed by atoms with Crippen LogP contribution in [0.15, 0.2) is 18.3 Å². The number of nitrogens with zero attached hydrogens (tertiary/aromatic N) is 3. The van der Waals surface area contributed by atoms with Crippen LogP contribution in [-0.4, -0.2) is 42.6 Å². The maximum Gasteiger partial charge on any atom is 0.130 e. The van der Waals surface area contributed by atoms with Crippen LogP contribution in [0.1, 0.15) is 25.7 Å². The van der Waals surface area contributed by atoms with Gasteiger partial charge in [0.05, 0.1) is 0 Å². The standard InChI is InChI=1S/C15H24N4/c16-14-3-6-17-15(11-14)19-9-4-13(5-10-19)12-18-7-1-2-8-18/h3,6,11,13H,1-2,4-5,7-10,12H2,(H2,16,17). The van der Waals surface area contributed by atoms with Gasteiger partial charge in [0.2, 0.25) is 0 Å². The molecule has 0 radical (unpaired) electrons. The van der Waals surface area contributed by atoms with Crippen molar-refractivity contribution in [1.29, 1.82) is 0 Å². The second-order valence-electron chi connectivity index (χ2n) is 5.89. The highest BCUT2D eigenvalue weighted by molar-refractivity contribution is 5.50. The van der Waals surface area contributed by atoms with E-state index in [4.69, 9.17) is 5.73 Å². The smallest absolute Gasteiger partial charge is 0.130 e. The molecule has 0 unspecified atom stereocenters. The average Bonchev–Trinajstić information content (AvgIpc) is 2.92. The Morgan fingerprint density at radius 2 is 1.89 bits per heavy atom. The Kier molecular flexibility index (Phi) is 3.87. The monoisotopic (exact) mass is 260 g/mol. The summed E-state index contributed by atoms with van der Waals surface area (Å²) in [5, 5.41) is 0. The summed E-state index contributed by atoms with van der Waals surface area (Å²) in [6, 6.07) is 3.84. The van der Waals surface area contributed by atoms with E-state index in [1.807, 2.05) is 12.1 Å². The molecule has 3 rings (SSSR count). The molecule has 2 saturated heterocycles. The molecule has 0 saturated carbocycles. The van der Waals surface area contributed by atoms with Crippen molar-refractivity contribution in [2.24, 2.45) is 5.92 Å². The van der Waals surface area contributed by atoms with Gasteiger partial charge in [-0.25, -0.2) is 4.98 Å². The second kappa shape index (κ2) is 5.78. The van der Waals surface area contributed by atoms with Crippen molar-refractivity contribution in [3.63, 3.8) is 0 Å². The molecular formula is C15H24N4. The van der Waals surface area contributed by atoms with Crippen molar-refractivity contribution in [1.82, 2.24) is 9.88 Å². The van der Waals surface area contributed by atoms with Gasteiger partial charge in [0.25, 0.3) is 0 Å². The van der Waals surface area contributed by atoms with Crippen LogP contribution in [0.25, 0.3) is 0 Å². The van der Waals surface area contributed by atoms with Crippen molar-refractivity contribution in [3.05, 3.63) is 18.3 Å². The summed E-state index contributed by atoms with van der Waals surface area (Å²) >= 11 is 0. The lowest BCUT2D eigenvalue weighted by atomic mass is 9.96. The lowest BCUT2D eigenvalue weighted by Crippen LogP contribution is -2.38. The highest BCUT2D eigenvalue weighted by Crippen LogP contribution is 2.24. The number of hydrogen-bond acceptors (Lipinski definition) is 4. The summed E-state index contributed by atoms with van der Waals surface area (Å²) in [6.07, 6.45) is 7.17. The van der Waals surface area contributed by atoms with Gasteiger partial charge >= 0.3 is 0 Å². The Morgan fingerprint density at radius 3 is 2.58 bits per heavy atom. The minimum Gasteiger partial charge on any atom is -0.399 e. The molecule has 2 aliphatic rings. The van der Waals surface area contributed by atoms with Crippen LogP contribution in [0, 0.1) is 5.92 Å². The van der Waals surface area contributed by atoms with E-state index in [-0.39, 0.29) is 0 Å². The molecule has 104 valence electrons. The summed E-state index contributed by atoms with van der Waals surface area (Å²) in [7, 11) is 0. The number of likely N-dealkylation sites (tertiary alicyclic amines) is 1.